The Hall–Kier alpha value is -2.63. The van der Waals surface area contributed by atoms with Gasteiger partial charge in [0.15, 0.2) is 0 Å². The molecule has 2 aromatic rings. The lowest BCUT2D eigenvalue weighted by Crippen LogP contribution is -2.33. The number of rotatable bonds is 5. The van der Waals surface area contributed by atoms with Crippen LogP contribution in [0.5, 0.6) is 5.75 Å². The number of para-hydroxylation sites is 1. The Morgan fingerprint density at radius 2 is 2.06 bits per heavy atom. The van der Waals surface area contributed by atoms with Gasteiger partial charge in [-0.15, -0.1) is 0 Å². The maximum absolute atomic E-state index is 13.2. The Morgan fingerprint density at radius 3 is 2.79 bits per heavy atom. The van der Waals surface area contributed by atoms with Gasteiger partial charge in [0.1, 0.15) is 23.1 Å². The number of hydrogen-bond acceptors (Lipinski definition) is 7. The molecule has 1 saturated heterocycles. The molecule has 34 heavy (non-hydrogen) atoms. The molecule has 0 aliphatic carbocycles. The molecule has 2 aliphatic heterocycles. The molecule has 4 atom stereocenters. The number of aromatic amines is 1. The molecular formula is C24H29N2O7P. The quantitative estimate of drug-likeness (QED) is 0.377. The van der Waals surface area contributed by atoms with E-state index < -0.39 is 36.8 Å². The minimum atomic E-state index is -3.35. The molecule has 0 spiro atoms. The van der Waals surface area contributed by atoms with E-state index >= 15 is 0 Å². The smallest absolute Gasteiger partial charge is 0.380 e. The monoisotopic (exact) mass is 488 g/mol. The van der Waals surface area contributed by atoms with Crippen LogP contribution in [0.1, 0.15) is 63.8 Å². The van der Waals surface area contributed by atoms with Crippen LogP contribution in [0, 0.1) is 11.8 Å². The van der Waals surface area contributed by atoms with Crippen molar-refractivity contribution in [2.45, 2.75) is 70.5 Å². The molecule has 3 heterocycles. The van der Waals surface area contributed by atoms with E-state index in [9.17, 15) is 19.3 Å². The van der Waals surface area contributed by atoms with E-state index in [-0.39, 0.29) is 24.3 Å². The molecule has 0 amide bonds. The summed E-state index contributed by atoms with van der Waals surface area (Å²) in [6.45, 7) is 5.61. The summed E-state index contributed by atoms with van der Waals surface area (Å²) in [6.07, 6.45) is 1.51. The Balaban J connectivity index is 1.42. The Morgan fingerprint density at radius 1 is 1.29 bits per heavy atom. The second-order valence-electron chi connectivity index (χ2n) is 8.98. The Kier molecular flexibility index (Phi) is 6.88. The van der Waals surface area contributed by atoms with E-state index in [0.717, 1.165) is 5.56 Å². The van der Waals surface area contributed by atoms with Crippen molar-refractivity contribution in [2.75, 3.05) is 6.16 Å². The second kappa shape index (κ2) is 9.55. The number of fused-ring (bicyclic) bond motifs is 1. The van der Waals surface area contributed by atoms with Gasteiger partial charge in [0, 0.05) is 24.6 Å². The minimum Gasteiger partial charge on any atom is -0.424 e. The molecule has 0 bridgehead atoms. The number of unbranched alkanes of at least 4 members (excludes halogenated alkanes) is 1. The van der Waals surface area contributed by atoms with Crippen molar-refractivity contribution in [3.63, 3.8) is 0 Å². The number of hydrogen-bond donors (Lipinski definition) is 2. The van der Waals surface area contributed by atoms with Gasteiger partial charge in [-0.25, -0.2) is 9.36 Å². The number of nitrogens with zero attached hydrogens (tertiary/aromatic N) is 1. The predicted molar refractivity (Wildman–Crippen MR) is 126 cm³/mol. The number of H-pyrrole nitrogens is 1. The molecule has 0 saturated carbocycles. The number of aliphatic hydroxyl groups excluding tert-OH is 1. The van der Waals surface area contributed by atoms with Crippen molar-refractivity contribution in [1.82, 2.24) is 9.55 Å². The lowest BCUT2D eigenvalue weighted by atomic mass is 9.98. The van der Waals surface area contributed by atoms with Crippen LogP contribution in [0.3, 0.4) is 0 Å². The van der Waals surface area contributed by atoms with E-state index in [1.54, 1.807) is 6.07 Å². The number of aromatic nitrogens is 2. The van der Waals surface area contributed by atoms with Crippen LogP contribution in [0.15, 0.2) is 40.1 Å². The molecule has 9 nitrogen and oxygen atoms in total. The lowest BCUT2D eigenvalue weighted by Gasteiger charge is -2.37. The zero-order valence-electron chi connectivity index (χ0n) is 19.4. The SMILES string of the molecule is CCC1OC(n2cc(C#CCCCP3(=O)Oc4ccccc4C(C)(C)O3)c(=O)[nH]c2=O)CC1O. The Bertz CT molecular complexity index is 1290. The number of benzene rings is 1. The highest BCUT2D eigenvalue weighted by Gasteiger charge is 2.42. The molecule has 2 N–H and O–H groups in total. The van der Waals surface area contributed by atoms with E-state index in [0.29, 0.717) is 25.0 Å². The maximum atomic E-state index is 13.2. The summed E-state index contributed by atoms with van der Waals surface area (Å²) in [5.74, 6) is 6.24. The topological polar surface area (TPSA) is 120 Å². The normalized spacial score (nSPS) is 27.4. The van der Waals surface area contributed by atoms with Crippen LogP contribution >= 0.6 is 7.60 Å². The molecule has 1 fully saturated rings. The van der Waals surface area contributed by atoms with Crippen LogP contribution in [0.4, 0.5) is 0 Å². The first-order chi connectivity index (χ1) is 16.1. The van der Waals surface area contributed by atoms with E-state index in [1.807, 2.05) is 39.0 Å². The minimum absolute atomic E-state index is 0.115. The van der Waals surface area contributed by atoms with Gasteiger partial charge in [-0.3, -0.25) is 18.9 Å². The molecule has 2 aliphatic rings. The van der Waals surface area contributed by atoms with E-state index in [2.05, 4.69) is 16.8 Å². The van der Waals surface area contributed by atoms with Gasteiger partial charge in [0.05, 0.1) is 18.4 Å². The Labute approximate surface area is 197 Å². The van der Waals surface area contributed by atoms with Crippen LogP contribution < -0.4 is 15.8 Å². The first-order valence-electron chi connectivity index (χ1n) is 11.4. The highest BCUT2D eigenvalue weighted by atomic mass is 31.2. The number of nitrogens with one attached hydrogen (secondary N) is 1. The lowest BCUT2D eigenvalue weighted by molar-refractivity contribution is -0.0218. The van der Waals surface area contributed by atoms with Gasteiger partial charge in [0.25, 0.3) is 5.56 Å². The fourth-order valence-corrected chi connectivity index (χ4v) is 6.28. The molecule has 0 radical (unpaired) electrons. The highest BCUT2D eigenvalue weighted by Crippen LogP contribution is 2.59. The molecule has 1 aromatic heterocycles. The zero-order chi connectivity index (χ0) is 24.5. The van der Waals surface area contributed by atoms with Crippen LogP contribution in [0.25, 0.3) is 0 Å². The third-order valence-electron chi connectivity index (χ3n) is 5.98. The first kappa shape index (κ1) is 24.5. The first-order valence-corrected chi connectivity index (χ1v) is 13.1. The molecular weight excluding hydrogens is 459 g/mol. The fourth-order valence-electron chi connectivity index (χ4n) is 4.26. The van der Waals surface area contributed by atoms with Crippen LogP contribution in [-0.2, 0) is 19.4 Å². The van der Waals surface area contributed by atoms with Gasteiger partial charge in [0.2, 0.25) is 0 Å². The summed E-state index contributed by atoms with van der Waals surface area (Å²) in [7, 11) is -3.35. The van der Waals surface area contributed by atoms with Crippen molar-refractivity contribution in [1.29, 1.82) is 0 Å². The van der Waals surface area contributed by atoms with Gasteiger partial charge in [-0.05, 0) is 32.8 Å². The van der Waals surface area contributed by atoms with Gasteiger partial charge < -0.3 is 14.4 Å². The van der Waals surface area contributed by atoms with Crippen molar-refractivity contribution >= 4 is 7.60 Å². The third kappa shape index (κ3) is 5.06. The van der Waals surface area contributed by atoms with Gasteiger partial charge in [-0.2, -0.15) is 0 Å². The zero-order valence-corrected chi connectivity index (χ0v) is 20.3. The molecule has 10 heteroatoms. The third-order valence-corrected chi connectivity index (χ3v) is 8.06. The molecule has 1 aromatic carbocycles. The number of ether oxygens (including phenoxy) is 1. The molecule has 4 unspecified atom stereocenters. The average Bonchev–Trinajstić information content (AvgIpc) is 3.14. The maximum Gasteiger partial charge on any atom is 0.380 e. The molecule has 182 valence electrons. The average molecular weight is 488 g/mol. The highest BCUT2D eigenvalue weighted by molar-refractivity contribution is 7.54. The van der Waals surface area contributed by atoms with Crippen molar-refractivity contribution < 1.29 is 23.5 Å². The summed E-state index contributed by atoms with van der Waals surface area (Å²) in [5, 5.41) is 10.1. The summed E-state index contributed by atoms with van der Waals surface area (Å²) >= 11 is 0. The van der Waals surface area contributed by atoms with Crippen molar-refractivity contribution in [3.8, 4) is 17.6 Å². The summed E-state index contributed by atoms with van der Waals surface area (Å²) in [6, 6.07) is 7.38. The summed E-state index contributed by atoms with van der Waals surface area (Å²) in [5.41, 5.74) is -0.977. The van der Waals surface area contributed by atoms with E-state index in [4.69, 9.17) is 13.8 Å². The summed E-state index contributed by atoms with van der Waals surface area (Å²) in [4.78, 5) is 26.7. The van der Waals surface area contributed by atoms with E-state index in [1.165, 1.54) is 10.8 Å². The molecule has 4 rings (SSSR count). The van der Waals surface area contributed by atoms with Crippen LogP contribution in [0.2, 0.25) is 0 Å². The van der Waals surface area contributed by atoms with Gasteiger partial charge >= 0.3 is 13.3 Å². The van der Waals surface area contributed by atoms with Crippen molar-refractivity contribution in [3.05, 3.63) is 62.4 Å². The van der Waals surface area contributed by atoms with Crippen molar-refractivity contribution in [2.24, 2.45) is 0 Å². The number of aliphatic hydroxyl groups is 1. The second-order valence-corrected chi connectivity index (χ2v) is 11.0. The largest absolute Gasteiger partial charge is 0.424 e. The van der Waals surface area contributed by atoms with Crippen LogP contribution in [-0.4, -0.2) is 33.0 Å². The predicted octanol–water partition coefficient (Wildman–Crippen LogP) is 3.26. The standard InChI is InChI=1S/C24H29N2O7P/c1-4-19-18(27)14-21(31-19)26-15-16(22(28)25-23(26)29)10-6-5-9-13-34(30)32-20-12-8-7-11-17(20)24(2,3)33-34/h7-8,11-12,15,18-19,21,27H,4-5,9,13-14H2,1-3H3,(H,25,28,29). The summed E-state index contributed by atoms with van der Waals surface area (Å²) < 4.78 is 31.7. The fraction of sp³-hybridized carbons (Fsp3) is 0.500. The van der Waals surface area contributed by atoms with Gasteiger partial charge in [-0.1, -0.05) is 37.0 Å².